The van der Waals surface area contributed by atoms with Crippen LogP contribution in [0.5, 0.6) is 0 Å². The third kappa shape index (κ3) is 3.52. The van der Waals surface area contributed by atoms with Gasteiger partial charge < -0.3 is 5.73 Å². The number of primary amides is 1. The molecule has 0 radical (unpaired) electrons. The topological polar surface area (TPSA) is 60.9 Å². The summed E-state index contributed by atoms with van der Waals surface area (Å²) in [4.78, 5) is 11.6. The Labute approximate surface area is 138 Å². The van der Waals surface area contributed by atoms with Gasteiger partial charge in [0.15, 0.2) is 0 Å². The number of carbonyl (C=O) groups is 1. The average molecular weight is 342 g/mol. The smallest absolute Gasteiger partial charge is 0.282 e. The molecule has 124 valence electrons. The number of halogens is 3. The summed E-state index contributed by atoms with van der Waals surface area (Å²) in [6.07, 6.45) is -2.61. The van der Waals surface area contributed by atoms with Crippen molar-refractivity contribution in [2.75, 3.05) is 0 Å². The zero-order chi connectivity index (χ0) is 17.3. The van der Waals surface area contributed by atoms with Crippen molar-refractivity contribution in [3.63, 3.8) is 0 Å². The maximum absolute atomic E-state index is 13.1. The molecule has 7 heteroatoms. The van der Waals surface area contributed by atoms with E-state index in [2.05, 4.69) is 5.10 Å². The van der Waals surface area contributed by atoms with Crippen LogP contribution in [-0.4, -0.2) is 15.7 Å². The highest BCUT2D eigenvalue weighted by atomic mass is 35.5. The van der Waals surface area contributed by atoms with Gasteiger partial charge in [-0.25, -0.2) is 8.78 Å². The molecular formula is C16H18ClF2N3O. The van der Waals surface area contributed by atoms with Crippen LogP contribution >= 0.6 is 11.6 Å². The Hall–Kier alpha value is -1.95. The molecule has 0 aliphatic carbocycles. The minimum Gasteiger partial charge on any atom is -0.365 e. The van der Waals surface area contributed by atoms with Gasteiger partial charge >= 0.3 is 0 Å². The lowest BCUT2D eigenvalue weighted by Crippen LogP contribution is -2.16. The number of alkyl halides is 2. The summed E-state index contributed by atoms with van der Waals surface area (Å²) < 4.78 is 27.5. The first kappa shape index (κ1) is 17.4. The highest BCUT2D eigenvalue weighted by Gasteiger charge is 2.27. The van der Waals surface area contributed by atoms with Crippen LogP contribution in [-0.2, 0) is 13.5 Å². The molecule has 0 spiro atoms. The number of hydrogen-bond donors (Lipinski definition) is 1. The van der Waals surface area contributed by atoms with Crippen molar-refractivity contribution in [3.05, 3.63) is 51.3 Å². The first-order chi connectivity index (χ1) is 10.7. The summed E-state index contributed by atoms with van der Waals surface area (Å²) in [7, 11) is 1.52. The van der Waals surface area contributed by atoms with E-state index in [1.165, 1.54) is 11.7 Å². The molecule has 2 aromatic rings. The van der Waals surface area contributed by atoms with Crippen molar-refractivity contribution in [2.45, 2.75) is 32.6 Å². The second-order valence-electron chi connectivity index (χ2n) is 5.67. The van der Waals surface area contributed by atoms with Crippen molar-refractivity contribution < 1.29 is 13.6 Å². The van der Waals surface area contributed by atoms with Gasteiger partial charge in [0.1, 0.15) is 5.69 Å². The predicted molar refractivity (Wildman–Crippen MR) is 85.0 cm³/mol. The number of carbonyl (C=O) groups excluding carboxylic acids is 1. The van der Waals surface area contributed by atoms with Crippen LogP contribution in [0.4, 0.5) is 8.78 Å². The van der Waals surface area contributed by atoms with Crippen molar-refractivity contribution in [1.29, 1.82) is 0 Å². The monoisotopic (exact) mass is 341 g/mol. The number of aryl methyl sites for hydroxylation is 1. The van der Waals surface area contributed by atoms with Crippen molar-refractivity contribution in [3.8, 4) is 0 Å². The Morgan fingerprint density at radius 1 is 1.39 bits per heavy atom. The molecule has 0 saturated heterocycles. The molecule has 2 N–H and O–H groups in total. The largest absolute Gasteiger partial charge is 0.365 e. The molecule has 0 saturated carbocycles. The number of amides is 1. The van der Waals surface area contributed by atoms with E-state index < -0.39 is 18.0 Å². The van der Waals surface area contributed by atoms with Crippen LogP contribution in [0.1, 0.15) is 59.1 Å². The molecule has 0 atom stereocenters. The fourth-order valence-electron chi connectivity index (χ4n) is 2.68. The number of benzene rings is 1. The predicted octanol–water partition coefficient (Wildman–Crippen LogP) is 3.82. The molecule has 0 aliphatic rings. The lowest BCUT2D eigenvalue weighted by atomic mass is 9.93. The molecule has 0 bridgehead atoms. The van der Waals surface area contributed by atoms with Gasteiger partial charge in [0.2, 0.25) is 0 Å². The lowest BCUT2D eigenvalue weighted by Gasteiger charge is -2.14. The Kier molecular flexibility index (Phi) is 5.04. The van der Waals surface area contributed by atoms with E-state index in [0.717, 1.165) is 11.1 Å². The zero-order valence-corrected chi connectivity index (χ0v) is 13.9. The molecule has 1 aromatic heterocycles. The molecule has 0 unspecified atom stereocenters. The van der Waals surface area contributed by atoms with E-state index >= 15 is 0 Å². The highest BCUT2D eigenvalue weighted by Crippen LogP contribution is 2.29. The van der Waals surface area contributed by atoms with Crippen molar-refractivity contribution in [1.82, 2.24) is 9.78 Å². The summed E-state index contributed by atoms with van der Waals surface area (Å²) in [6.45, 7) is 4.05. The number of rotatable bonds is 5. The van der Waals surface area contributed by atoms with Gasteiger partial charge in [-0.15, -0.1) is 0 Å². The van der Waals surface area contributed by atoms with Gasteiger partial charge in [-0.2, -0.15) is 5.10 Å². The van der Waals surface area contributed by atoms with Crippen molar-refractivity contribution in [2.24, 2.45) is 12.8 Å². The minimum absolute atomic E-state index is 0.211. The van der Waals surface area contributed by atoms with Crippen LogP contribution < -0.4 is 5.73 Å². The lowest BCUT2D eigenvalue weighted by molar-refractivity contribution is 0.0984. The van der Waals surface area contributed by atoms with Crippen LogP contribution in [0.3, 0.4) is 0 Å². The van der Waals surface area contributed by atoms with Gasteiger partial charge in [-0.1, -0.05) is 31.5 Å². The van der Waals surface area contributed by atoms with Crippen LogP contribution in [0.15, 0.2) is 18.2 Å². The first-order valence-corrected chi connectivity index (χ1v) is 7.52. The second-order valence-corrected chi connectivity index (χ2v) is 6.11. The van der Waals surface area contributed by atoms with E-state index in [-0.39, 0.29) is 17.9 Å². The number of aromatic nitrogens is 2. The Bertz CT molecular complexity index is 741. The molecule has 2 rings (SSSR count). The maximum Gasteiger partial charge on any atom is 0.282 e. The highest BCUT2D eigenvalue weighted by molar-refractivity contribution is 6.30. The van der Waals surface area contributed by atoms with E-state index in [0.29, 0.717) is 10.7 Å². The second kappa shape index (κ2) is 6.66. The number of nitrogens with two attached hydrogens (primary N) is 1. The molecule has 1 heterocycles. The molecular weight excluding hydrogens is 324 g/mol. The fraction of sp³-hybridized carbons (Fsp3) is 0.375. The first-order valence-electron chi connectivity index (χ1n) is 7.14. The summed E-state index contributed by atoms with van der Waals surface area (Å²) in [5.74, 6) is -0.682. The molecule has 4 nitrogen and oxygen atoms in total. The van der Waals surface area contributed by atoms with Crippen LogP contribution in [0.2, 0.25) is 5.02 Å². The number of nitrogens with zero attached hydrogens (tertiary/aromatic N) is 2. The summed E-state index contributed by atoms with van der Waals surface area (Å²) in [5, 5.41) is 4.30. The normalized spacial score (nSPS) is 11.5. The van der Waals surface area contributed by atoms with Gasteiger partial charge in [0.05, 0.1) is 11.3 Å². The fourth-order valence-corrected chi connectivity index (χ4v) is 2.87. The van der Waals surface area contributed by atoms with Gasteiger partial charge in [0.25, 0.3) is 12.3 Å². The standard InChI is InChI=1S/C16H18ClF2N3O/c1-8(2)11-5-4-10(17)6-9(11)7-12-13(16(20)23)14(15(18)19)21-22(12)3/h4-6,8,15H,7H2,1-3H3,(H2,20,23). The Morgan fingerprint density at radius 3 is 2.57 bits per heavy atom. The van der Waals surface area contributed by atoms with Gasteiger partial charge in [-0.3, -0.25) is 9.48 Å². The van der Waals surface area contributed by atoms with E-state index in [9.17, 15) is 13.6 Å². The van der Waals surface area contributed by atoms with Gasteiger partial charge in [-0.05, 0) is 29.2 Å². The van der Waals surface area contributed by atoms with Crippen LogP contribution in [0.25, 0.3) is 0 Å². The third-order valence-corrected chi connectivity index (χ3v) is 3.97. The molecule has 0 aliphatic heterocycles. The minimum atomic E-state index is -2.86. The van der Waals surface area contributed by atoms with Gasteiger partial charge in [0, 0.05) is 18.5 Å². The van der Waals surface area contributed by atoms with E-state index in [1.54, 1.807) is 12.1 Å². The molecule has 0 fully saturated rings. The third-order valence-electron chi connectivity index (χ3n) is 3.73. The molecule has 23 heavy (non-hydrogen) atoms. The SMILES string of the molecule is CC(C)c1ccc(Cl)cc1Cc1c(C(N)=O)c(C(F)F)nn1C. The molecule has 1 aromatic carbocycles. The van der Waals surface area contributed by atoms with Crippen LogP contribution in [0, 0.1) is 0 Å². The quantitative estimate of drug-likeness (QED) is 0.898. The number of hydrogen-bond acceptors (Lipinski definition) is 2. The zero-order valence-electron chi connectivity index (χ0n) is 13.1. The van der Waals surface area contributed by atoms with Crippen molar-refractivity contribution >= 4 is 17.5 Å². The maximum atomic E-state index is 13.1. The van der Waals surface area contributed by atoms with E-state index in [4.69, 9.17) is 17.3 Å². The Morgan fingerprint density at radius 2 is 2.04 bits per heavy atom. The Balaban J connectivity index is 2.57. The average Bonchev–Trinajstić information content (AvgIpc) is 2.76. The van der Waals surface area contributed by atoms with E-state index in [1.807, 2.05) is 19.9 Å². The molecule has 1 amide bonds. The summed E-state index contributed by atoms with van der Waals surface area (Å²) >= 11 is 6.05. The summed E-state index contributed by atoms with van der Waals surface area (Å²) in [5.41, 5.74) is 6.76. The summed E-state index contributed by atoms with van der Waals surface area (Å²) in [6, 6.07) is 5.45.